The van der Waals surface area contributed by atoms with Crippen LogP contribution in [0.4, 0.5) is 5.82 Å². The van der Waals surface area contributed by atoms with E-state index in [1.165, 1.54) is 6.20 Å². The number of carbonyl (C=O) groups is 1. The maximum atomic E-state index is 12.0. The van der Waals surface area contributed by atoms with Gasteiger partial charge in [-0.25, -0.2) is 9.97 Å². The van der Waals surface area contributed by atoms with E-state index in [1.807, 2.05) is 12.1 Å². The Morgan fingerprint density at radius 2 is 1.95 bits per heavy atom. The molecule has 98 valence electrons. The molecule has 0 aliphatic heterocycles. The Balaban J connectivity index is 2.15. The molecule has 1 heterocycles. The molecular formula is C12H8Br2ClN3O. The lowest BCUT2D eigenvalue weighted by Crippen LogP contribution is -2.13. The first kappa shape index (κ1) is 14.4. The molecule has 4 nitrogen and oxygen atoms in total. The molecule has 0 aliphatic carbocycles. The maximum Gasteiger partial charge on any atom is 0.256 e. The normalized spacial score (nSPS) is 10.3. The number of anilines is 1. The number of hydrogen-bond acceptors (Lipinski definition) is 3. The molecule has 0 saturated carbocycles. The fraction of sp³-hybridized carbons (Fsp3) is 0.0833. The molecule has 1 amide bonds. The minimum absolute atomic E-state index is 0.251. The van der Waals surface area contributed by atoms with Crippen LogP contribution in [0.2, 0.25) is 0 Å². The summed E-state index contributed by atoms with van der Waals surface area (Å²) in [6.07, 6.45) is 1.51. The Labute approximate surface area is 131 Å². The van der Waals surface area contributed by atoms with Gasteiger partial charge in [-0.1, -0.05) is 12.1 Å². The highest BCUT2D eigenvalue weighted by Crippen LogP contribution is 2.20. The standard InChI is InChI=1S/C12H8Br2ClN3O/c13-9-6-16-11(10(14)17-9)18-12(19)8-3-1-7(5-15)2-4-8/h1-4,6H,5H2,(H,16,18,19). The summed E-state index contributed by atoms with van der Waals surface area (Å²) in [7, 11) is 0. The molecule has 0 fully saturated rings. The van der Waals surface area contributed by atoms with Gasteiger partial charge in [0.25, 0.3) is 5.91 Å². The van der Waals surface area contributed by atoms with E-state index in [2.05, 4.69) is 47.1 Å². The van der Waals surface area contributed by atoms with Crippen LogP contribution in [-0.2, 0) is 5.88 Å². The van der Waals surface area contributed by atoms with Crippen molar-refractivity contribution >= 4 is 55.2 Å². The number of amides is 1. The first-order valence-corrected chi connectivity index (χ1v) is 7.36. The summed E-state index contributed by atoms with van der Waals surface area (Å²) >= 11 is 12.1. The predicted molar refractivity (Wildman–Crippen MR) is 81.4 cm³/mol. The molecule has 0 atom stereocenters. The summed E-state index contributed by atoms with van der Waals surface area (Å²) in [4.78, 5) is 20.2. The summed E-state index contributed by atoms with van der Waals surface area (Å²) < 4.78 is 1.05. The smallest absolute Gasteiger partial charge is 0.256 e. The fourth-order valence-electron chi connectivity index (χ4n) is 1.36. The zero-order valence-electron chi connectivity index (χ0n) is 9.53. The first-order chi connectivity index (χ1) is 9.10. The molecule has 1 aromatic heterocycles. The average molecular weight is 405 g/mol. The third kappa shape index (κ3) is 3.75. The molecule has 2 aromatic rings. The number of benzene rings is 1. The van der Waals surface area contributed by atoms with E-state index in [0.29, 0.717) is 26.5 Å². The molecule has 0 spiro atoms. The van der Waals surface area contributed by atoms with Crippen LogP contribution in [0.5, 0.6) is 0 Å². The minimum atomic E-state index is -0.251. The van der Waals surface area contributed by atoms with Crippen molar-refractivity contribution < 1.29 is 4.79 Å². The van der Waals surface area contributed by atoms with Gasteiger partial charge < -0.3 is 5.32 Å². The zero-order chi connectivity index (χ0) is 13.8. The molecule has 7 heteroatoms. The van der Waals surface area contributed by atoms with Crippen molar-refractivity contribution in [1.82, 2.24) is 9.97 Å². The molecule has 1 N–H and O–H groups in total. The monoisotopic (exact) mass is 403 g/mol. The van der Waals surface area contributed by atoms with Crippen molar-refractivity contribution in [3.63, 3.8) is 0 Å². The van der Waals surface area contributed by atoms with Crippen molar-refractivity contribution in [2.24, 2.45) is 0 Å². The molecular weight excluding hydrogens is 397 g/mol. The second kappa shape index (κ2) is 6.45. The Bertz CT molecular complexity index is 604. The van der Waals surface area contributed by atoms with Crippen molar-refractivity contribution in [3.8, 4) is 0 Å². The molecule has 0 saturated heterocycles. The van der Waals surface area contributed by atoms with E-state index in [0.717, 1.165) is 5.56 Å². The summed E-state index contributed by atoms with van der Waals surface area (Å²) in [5.41, 5.74) is 1.49. The van der Waals surface area contributed by atoms with Gasteiger partial charge in [0.1, 0.15) is 9.21 Å². The minimum Gasteiger partial charge on any atom is -0.304 e. The molecule has 0 bridgehead atoms. The Morgan fingerprint density at radius 1 is 1.26 bits per heavy atom. The van der Waals surface area contributed by atoms with E-state index >= 15 is 0 Å². The number of carbonyl (C=O) groups excluding carboxylic acids is 1. The Morgan fingerprint density at radius 3 is 2.53 bits per heavy atom. The molecule has 0 aliphatic rings. The van der Waals surface area contributed by atoms with Crippen molar-refractivity contribution in [1.29, 1.82) is 0 Å². The first-order valence-electron chi connectivity index (χ1n) is 5.24. The van der Waals surface area contributed by atoms with Gasteiger partial charge in [0.15, 0.2) is 5.82 Å². The molecule has 2 rings (SSSR count). The van der Waals surface area contributed by atoms with Gasteiger partial charge in [0.05, 0.1) is 6.20 Å². The molecule has 1 aromatic carbocycles. The molecule has 0 radical (unpaired) electrons. The molecule has 19 heavy (non-hydrogen) atoms. The highest BCUT2D eigenvalue weighted by Gasteiger charge is 2.10. The summed E-state index contributed by atoms with van der Waals surface area (Å²) in [6.45, 7) is 0. The molecule has 0 unspecified atom stereocenters. The van der Waals surface area contributed by atoms with Gasteiger partial charge in [0.2, 0.25) is 0 Å². The third-order valence-electron chi connectivity index (χ3n) is 2.30. The van der Waals surface area contributed by atoms with E-state index in [-0.39, 0.29) is 5.91 Å². The van der Waals surface area contributed by atoms with E-state index in [1.54, 1.807) is 12.1 Å². The lowest BCUT2D eigenvalue weighted by molar-refractivity contribution is 0.102. The highest BCUT2D eigenvalue weighted by molar-refractivity contribution is 9.11. The quantitative estimate of drug-likeness (QED) is 0.786. The van der Waals surface area contributed by atoms with Gasteiger partial charge in [-0.05, 0) is 49.6 Å². The second-order valence-electron chi connectivity index (χ2n) is 3.62. The number of nitrogens with zero attached hydrogens (tertiary/aromatic N) is 2. The van der Waals surface area contributed by atoms with Gasteiger partial charge in [-0.15, -0.1) is 11.6 Å². The summed E-state index contributed by atoms with van der Waals surface area (Å²) in [6, 6.07) is 7.05. The Kier molecular flexibility index (Phi) is 4.90. The van der Waals surface area contributed by atoms with Crippen LogP contribution in [0, 0.1) is 0 Å². The zero-order valence-corrected chi connectivity index (χ0v) is 13.5. The van der Waals surface area contributed by atoms with Gasteiger partial charge in [-0.2, -0.15) is 0 Å². The average Bonchev–Trinajstić information content (AvgIpc) is 2.42. The number of alkyl halides is 1. The largest absolute Gasteiger partial charge is 0.304 e. The second-order valence-corrected chi connectivity index (χ2v) is 5.45. The van der Waals surface area contributed by atoms with Crippen LogP contribution < -0.4 is 5.32 Å². The van der Waals surface area contributed by atoms with Crippen LogP contribution >= 0.6 is 43.5 Å². The predicted octanol–water partition coefficient (Wildman–Crippen LogP) is 3.99. The van der Waals surface area contributed by atoms with E-state index < -0.39 is 0 Å². The maximum absolute atomic E-state index is 12.0. The van der Waals surface area contributed by atoms with E-state index in [9.17, 15) is 4.79 Å². The van der Waals surface area contributed by atoms with Gasteiger partial charge >= 0.3 is 0 Å². The number of rotatable bonds is 3. The van der Waals surface area contributed by atoms with Gasteiger partial charge in [-0.3, -0.25) is 4.79 Å². The SMILES string of the molecule is O=C(Nc1ncc(Br)nc1Br)c1ccc(CCl)cc1. The van der Waals surface area contributed by atoms with Crippen LogP contribution in [0.25, 0.3) is 0 Å². The number of halogens is 3. The summed E-state index contributed by atoms with van der Waals surface area (Å²) in [5.74, 6) is 0.541. The van der Waals surface area contributed by atoms with Crippen molar-refractivity contribution in [2.75, 3.05) is 5.32 Å². The number of aromatic nitrogens is 2. The van der Waals surface area contributed by atoms with Crippen LogP contribution in [0.15, 0.2) is 39.7 Å². The lowest BCUT2D eigenvalue weighted by Gasteiger charge is -2.06. The Hall–Kier alpha value is -0.980. The fourth-order valence-corrected chi connectivity index (χ4v) is 2.44. The van der Waals surface area contributed by atoms with Gasteiger partial charge in [0, 0.05) is 11.4 Å². The number of hydrogen-bond donors (Lipinski definition) is 1. The van der Waals surface area contributed by atoms with Crippen LogP contribution in [0.1, 0.15) is 15.9 Å². The van der Waals surface area contributed by atoms with Crippen LogP contribution in [0.3, 0.4) is 0 Å². The van der Waals surface area contributed by atoms with E-state index in [4.69, 9.17) is 11.6 Å². The lowest BCUT2D eigenvalue weighted by atomic mass is 10.1. The number of nitrogens with one attached hydrogen (secondary N) is 1. The van der Waals surface area contributed by atoms with Crippen LogP contribution in [-0.4, -0.2) is 15.9 Å². The van der Waals surface area contributed by atoms with Crippen molar-refractivity contribution in [2.45, 2.75) is 5.88 Å². The third-order valence-corrected chi connectivity index (χ3v) is 3.55. The topological polar surface area (TPSA) is 54.9 Å². The van der Waals surface area contributed by atoms with Crippen molar-refractivity contribution in [3.05, 3.63) is 50.8 Å². The summed E-state index contributed by atoms with van der Waals surface area (Å²) in [5, 5.41) is 2.68. The highest BCUT2D eigenvalue weighted by atomic mass is 79.9.